The van der Waals surface area contributed by atoms with E-state index in [-0.39, 0.29) is 18.2 Å². The lowest BCUT2D eigenvalue weighted by molar-refractivity contribution is -0.141. The summed E-state index contributed by atoms with van der Waals surface area (Å²) in [6.45, 7) is 5.44. The minimum Gasteiger partial charge on any atom is -0.494 e. The number of carbonyl (C=O) groups excluding carboxylic acids is 2. The van der Waals surface area contributed by atoms with Gasteiger partial charge in [0.2, 0.25) is 11.8 Å². The number of ether oxygens (including phenoxy) is 1. The average molecular weight is 507 g/mol. The Morgan fingerprint density at radius 2 is 1.50 bits per heavy atom. The van der Waals surface area contributed by atoms with E-state index >= 15 is 0 Å². The van der Waals surface area contributed by atoms with Crippen LogP contribution >= 0.6 is 11.6 Å². The molecule has 0 aromatic heterocycles. The van der Waals surface area contributed by atoms with Crippen LogP contribution in [-0.2, 0) is 22.6 Å². The molecule has 1 N–H and O–H groups in total. The molecule has 190 valence electrons. The highest BCUT2D eigenvalue weighted by molar-refractivity contribution is 6.30. The van der Waals surface area contributed by atoms with Gasteiger partial charge in [0.05, 0.1) is 6.61 Å². The van der Waals surface area contributed by atoms with Crippen LogP contribution in [0.4, 0.5) is 0 Å². The lowest BCUT2D eigenvalue weighted by Gasteiger charge is -2.32. The predicted molar refractivity (Wildman–Crippen MR) is 145 cm³/mol. The van der Waals surface area contributed by atoms with Gasteiger partial charge in [0, 0.05) is 31.0 Å². The number of amides is 2. The minimum absolute atomic E-state index is 0.0702. The van der Waals surface area contributed by atoms with Gasteiger partial charge in [-0.05, 0) is 47.7 Å². The monoisotopic (exact) mass is 506 g/mol. The van der Waals surface area contributed by atoms with Crippen molar-refractivity contribution in [1.29, 1.82) is 0 Å². The summed E-state index contributed by atoms with van der Waals surface area (Å²) in [6, 6.07) is 26.2. The van der Waals surface area contributed by atoms with E-state index in [0.29, 0.717) is 49.2 Å². The smallest absolute Gasteiger partial charge is 0.243 e. The van der Waals surface area contributed by atoms with E-state index in [1.165, 1.54) is 0 Å². The first-order valence-corrected chi connectivity index (χ1v) is 12.8. The van der Waals surface area contributed by atoms with Gasteiger partial charge in [-0.3, -0.25) is 9.59 Å². The zero-order valence-corrected chi connectivity index (χ0v) is 21.8. The topological polar surface area (TPSA) is 58.6 Å². The lowest BCUT2D eigenvalue weighted by Crippen LogP contribution is -2.51. The van der Waals surface area contributed by atoms with E-state index < -0.39 is 6.04 Å². The third kappa shape index (κ3) is 9.04. The van der Waals surface area contributed by atoms with E-state index in [1.807, 2.05) is 60.7 Å². The molecule has 0 saturated carbocycles. The standard InChI is InChI=1S/C30H35ClN2O3/c1-23(2)21-32-30(35)28(20-24-10-5-3-6-11-24)33(22-25-12-7-4-8-13-25)29(34)14-9-19-36-27-17-15-26(31)16-18-27/h3-8,10-13,15-18,23,28H,9,14,19-22H2,1-2H3,(H,32,35)/t28-/m0/s1. The third-order valence-corrected chi connectivity index (χ3v) is 6.02. The van der Waals surface area contributed by atoms with Gasteiger partial charge in [0.15, 0.2) is 0 Å². The van der Waals surface area contributed by atoms with Crippen LogP contribution in [0.25, 0.3) is 0 Å². The van der Waals surface area contributed by atoms with E-state index in [4.69, 9.17) is 16.3 Å². The second-order valence-electron chi connectivity index (χ2n) is 9.26. The number of nitrogens with zero attached hydrogens (tertiary/aromatic N) is 1. The van der Waals surface area contributed by atoms with Gasteiger partial charge in [-0.25, -0.2) is 0 Å². The van der Waals surface area contributed by atoms with Gasteiger partial charge in [-0.15, -0.1) is 0 Å². The fraction of sp³-hybridized carbons (Fsp3) is 0.333. The number of benzene rings is 3. The fourth-order valence-electron chi connectivity index (χ4n) is 3.84. The largest absolute Gasteiger partial charge is 0.494 e. The third-order valence-electron chi connectivity index (χ3n) is 5.77. The molecule has 0 radical (unpaired) electrons. The molecule has 1 atom stereocenters. The number of carbonyl (C=O) groups is 2. The molecule has 36 heavy (non-hydrogen) atoms. The van der Waals surface area contributed by atoms with Crippen LogP contribution in [0.5, 0.6) is 5.75 Å². The Hall–Kier alpha value is -3.31. The quantitative estimate of drug-likeness (QED) is 0.293. The Morgan fingerprint density at radius 1 is 0.889 bits per heavy atom. The average Bonchev–Trinajstić information content (AvgIpc) is 2.89. The molecule has 3 aromatic carbocycles. The van der Waals surface area contributed by atoms with Crippen molar-refractivity contribution in [2.24, 2.45) is 5.92 Å². The van der Waals surface area contributed by atoms with Crippen molar-refractivity contribution in [2.45, 2.75) is 45.7 Å². The summed E-state index contributed by atoms with van der Waals surface area (Å²) in [7, 11) is 0. The summed E-state index contributed by atoms with van der Waals surface area (Å²) >= 11 is 5.93. The Kier molecular flexibility index (Phi) is 10.8. The van der Waals surface area contributed by atoms with E-state index in [9.17, 15) is 9.59 Å². The summed E-state index contributed by atoms with van der Waals surface area (Å²) in [5, 5.41) is 3.70. The molecular weight excluding hydrogens is 472 g/mol. The van der Waals surface area contributed by atoms with Crippen LogP contribution in [0.15, 0.2) is 84.9 Å². The molecule has 3 aromatic rings. The normalized spacial score (nSPS) is 11.7. The highest BCUT2D eigenvalue weighted by Crippen LogP contribution is 2.18. The second-order valence-corrected chi connectivity index (χ2v) is 9.69. The van der Waals surface area contributed by atoms with Gasteiger partial charge in [-0.1, -0.05) is 86.1 Å². The Labute approximate surface area is 219 Å². The molecule has 0 saturated heterocycles. The molecule has 0 aliphatic rings. The van der Waals surface area contributed by atoms with Gasteiger partial charge in [0.25, 0.3) is 0 Å². The van der Waals surface area contributed by atoms with Crippen molar-refractivity contribution in [3.05, 3.63) is 101 Å². The number of hydrogen-bond donors (Lipinski definition) is 1. The van der Waals surface area contributed by atoms with Crippen molar-refractivity contribution >= 4 is 23.4 Å². The van der Waals surface area contributed by atoms with Gasteiger partial charge < -0.3 is 15.0 Å². The summed E-state index contributed by atoms with van der Waals surface area (Å²) in [5.41, 5.74) is 2.00. The van der Waals surface area contributed by atoms with E-state index in [1.54, 1.807) is 29.2 Å². The Balaban J connectivity index is 1.75. The van der Waals surface area contributed by atoms with Crippen LogP contribution < -0.4 is 10.1 Å². The molecule has 0 aliphatic heterocycles. The van der Waals surface area contributed by atoms with Crippen molar-refractivity contribution in [3.8, 4) is 5.75 Å². The summed E-state index contributed by atoms with van der Waals surface area (Å²) < 4.78 is 5.77. The van der Waals surface area contributed by atoms with Crippen molar-refractivity contribution in [2.75, 3.05) is 13.2 Å². The van der Waals surface area contributed by atoms with Crippen LogP contribution in [-0.4, -0.2) is 35.9 Å². The summed E-state index contributed by atoms with van der Waals surface area (Å²) in [5.74, 6) is 0.825. The van der Waals surface area contributed by atoms with Crippen LogP contribution in [0.3, 0.4) is 0 Å². The molecule has 3 rings (SSSR count). The van der Waals surface area contributed by atoms with Crippen molar-refractivity contribution < 1.29 is 14.3 Å². The highest BCUT2D eigenvalue weighted by atomic mass is 35.5. The summed E-state index contributed by atoms with van der Waals surface area (Å²) in [6.07, 6.45) is 1.27. The number of rotatable bonds is 13. The molecule has 0 fully saturated rings. The fourth-order valence-corrected chi connectivity index (χ4v) is 3.97. The Bertz CT molecular complexity index is 1070. The maximum Gasteiger partial charge on any atom is 0.243 e. The van der Waals surface area contributed by atoms with Gasteiger partial charge in [-0.2, -0.15) is 0 Å². The molecule has 2 amide bonds. The molecule has 0 aliphatic carbocycles. The van der Waals surface area contributed by atoms with Crippen molar-refractivity contribution in [3.63, 3.8) is 0 Å². The van der Waals surface area contributed by atoms with Crippen molar-refractivity contribution in [1.82, 2.24) is 10.2 Å². The van der Waals surface area contributed by atoms with Gasteiger partial charge in [0.1, 0.15) is 11.8 Å². The molecule has 0 unspecified atom stereocenters. The van der Waals surface area contributed by atoms with E-state index in [2.05, 4.69) is 19.2 Å². The highest BCUT2D eigenvalue weighted by Gasteiger charge is 2.30. The lowest BCUT2D eigenvalue weighted by atomic mass is 10.0. The summed E-state index contributed by atoms with van der Waals surface area (Å²) in [4.78, 5) is 28.7. The Morgan fingerprint density at radius 3 is 2.11 bits per heavy atom. The molecule has 0 bridgehead atoms. The SMILES string of the molecule is CC(C)CNC(=O)[C@H](Cc1ccccc1)N(Cc1ccccc1)C(=O)CCCOc1ccc(Cl)cc1. The minimum atomic E-state index is -0.615. The van der Waals surface area contributed by atoms with Crippen LogP contribution in [0.2, 0.25) is 5.02 Å². The maximum atomic E-state index is 13.6. The number of nitrogens with one attached hydrogen (secondary N) is 1. The molecule has 0 spiro atoms. The second kappa shape index (κ2) is 14.3. The zero-order chi connectivity index (χ0) is 25.8. The first-order valence-electron chi connectivity index (χ1n) is 12.5. The maximum absolute atomic E-state index is 13.6. The molecular formula is C30H35ClN2O3. The zero-order valence-electron chi connectivity index (χ0n) is 21.0. The van der Waals surface area contributed by atoms with E-state index in [0.717, 1.165) is 11.1 Å². The van der Waals surface area contributed by atoms with Crippen LogP contribution in [0.1, 0.15) is 37.8 Å². The number of halogens is 1. The molecule has 5 nitrogen and oxygen atoms in total. The first-order chi connectivity index (χ1) is 17.4. The van der Waals surface area contributed by atoms with Crippen LogP contribution in [0, 0.1) is 5.92 Å². The first kappa shape index (κ1) is 27.3. The predicted octanol–water partition coefficient (Wildman–Crippen LogP) is 5.91. The molecule has 0 heterocycles. The molecule has 6 heteroatoms. The van der Waals surface area contributed by atoms with Gasteiger partial charge >= 0.3 is 0 Å². The number of hydrogen-bond acceptors (Lipinski definition) is 3.